The molecule has 8 heteroatoms. The van der Waals surface area contributed by atoms with Crippen LogP contribution in [0.2, 0.25) is 0 Å². The van der Waals surface area contributed by atoms with Gasteiger partial charge in [-0.15, -0.1) is 0 Å². The van der Waals surface area contributed by atoms with E-state index in [0.29, 0.717) is 47.2 Å². The van der Waals surface area contributed by atoms with Gasteiger partial charge in [0.15, 0.2) is 11.5 Å². The van der Waals surface area contributed by atoms with E-state index in [1.54, 1.807) is 36.4 Å². The highest BCUT2D eigenvalue weighted by atomic mass is 16.5. The van der Waals surface area contributed by atoms with Crippen molar-refractivity contribution in [3.8, 4) is 17.2 Å². The zero-order valence-electron chi connectivity index (χ0n) is 22.6. The number of nitrogens with zero attached hydrogens (tertiary/aromatic N) is 1. The zero-order valence-corrected chi connectivity index (χ0v) is 22.6. The van der Waals surface area contributed by atoms with Crippen LogP contribution in [0.3, 0.4) is 0 Å². The van der Waals surface area contributed by atoms with Gasteiger partial charge >= 0.3 is 0 Å². The van der Waals surface area contributed by atoms with Crippen molar-refractivity contribution in [2.24, 2.45) is 0 Å². The molecule has 1 fully saturated rings. The summed E-state index contributed by atoms with van der Waals surface area (Å²) in [5.41, 5.74) is 2.78. The maximum atomic E-state index is 13.3. The minimum Gasteiger partial charge on any atom is -0.507 e. The number of rotatable bonds is 11. The van der Waals surface area contributed by atoms with E-state index in [1.165, 1.54) is 19.1 Å². The number of Topliss-reactive ketones (excluding diaryl/α,β-unsaturated/α-hetero) is 1. The van der Waals surface area contributed by atoms with E-state index < -0.39 is 17.7 Å². The van der Waals surface area contributed by atoms with E-state index in [0.717, 1.165) is 5.56 Å². The molecule has 4 rings (SSSR count). The fraction of sp³-hybridized carbons (Fsp3) is 0.290. The summed E-state index contributed by atoms with van der Waals surface area (Å²) in [7, 11) is 3.05. The summed E-state index contributed by atoms with van der Waals surface area (Å²) in [6.45, 7) is 4.93. The Hall–Kier alpha value is -4.30. The van der Waals surface area contributed by atoms with Crippen LogP contribution in [-0.2, 0) is 20.9 Å². The van der Waals surface area contributed by atoms with Crippen molar-refractivity contribution in [2.75, 3.05) is 34.0 Å². The molecule has 1 N–H and O–H groups in total. The average Bonchev–Trinajstić information content (AvgIpc) is 3.20. The van der Waals surface area contributed by atoms with Crippen LogP contribution in [0, 0.1) is 6.92 Å². The topological polar surface area (TPSA) is 94.5 Å². The summed E-state index contributed by atoms with van der Waals surface area (Å²) in [4.78, 5) is 27.8. The number of ketones is 1. The van der Waals surface area contributed by atoms with E-state index in [-0.39, 0.29) is 24.5 Å². The van der Waals surface area contributed by atoms with Crippen LogP contribution >= 0.6 is 0 Å². The maximum Gasteiger partial charge on any atom is 0.295 e. The number of hydrogen-bond acceptors (Lipinski definition) is 7. The van der Waals surface area contributed by atoms with Gasteiger partial charge in [-0.1, -0.05) is 36.4 Å². The number of aryl methyl sites for hydroxylation is 1. The third-order valence-corrected chi connectivity index (χ3v) is 6.58. The van der Waals surface area contributed by atoms with Gasteiger partial charge in [0.25, 0.3) is 11.7 Å². The van der Waals surface area contributed by atoms with Gasteiger partial charge in [-0.2, -0.15) is 0 Å². The lowest BCUT2D eigenvalue weighted by Crippen LogP contribution is -2.32. The van der Waals surface area contributed by atoms with Gasteiger partial charge in [-0.25, -0.2) is 0 Å². The molecule has 0 aromatic heterocycles. The average molecular weight is 532 g/mol. The molecule has 1 saturated heterocycles. The van der Waals surface area contributed by atoms with Gasteiger partial charge in [-0.3, -0.25) is 9.59 Å². The monoisotopic (exact) mass is 531 g/mol. The Balaban J connectivity index is 1.74. The molecule has 0 aliphatic carbocycles. The predicted molar refractivity (Wildman–Crippen MR) is 147 cm³/mol. The second kappa shape index (κ2) is 12.5. The number of aliphatic hydroxyl groups excluding tert-OH is 1. The quantitative estimate of drug-likeness (QED) is 0.210. The number of ether oxygens (including phenoxy) is 4. The summed E-state index contributed by atoms with van der Waals surface area (Å²) in [6.07, 6.45) is 0. The largest absolute Gasteiger partial charge is 0.507 e. The van der Waals surface area contributed by atoms with Gasteiger partial charge in [-0.05, 0) is 60.9 Å². The number of methoxy groups -OCH3 is 2. The summed E-state index contributed by atoms with van der Waals surface area (Å²) in [6, 6.07) is 19.4. The normalized spacial score (nSPS) is 16.4. The third-order valence-electron chi connectivity index (χ3n) is 6.58. The number of benzene rings is 3. The third kappa shape index (κ3) is 5.91. The minimum atomic E-state index is -0.835. The van der Waals surface area contributed by atoms with Gasteiger partial charge in [0.2, 0.25) is 0 Å². The molecule has 0 spiro atoms. The molecule has 39 heavy (non-hydrogen) atoms. The van der Waals surface area contributed by atoms with Gasteiger partial charge in [0.1, 0.15) is 18.1 Å². The fourth-order valence-corrected chi connectivity index (χ4v) is 4.65. The lowest BCUT2D eigenvalue weighted by atomic mass is 9.93. The Bertz CT molecular complexity index is 1370. The Morgan fingerprint density at radius 1 is 0.949 bits per heavy atom. The van der Waals surface area contributed by atoms with Crippen LogP contribution in [0.15, 0.2) is 72.3 Å². The second-order valence-electron chi connectivity index (χ2n) is 9.08. The Kier molecular flexibility index (Phi) is 8.88. The fourth-order valence-electron chi connectivity index (χ4n) is 4.65. The van der Waals surface area contributed by atoms with Crippen LogP contribution in [-0.4, -0.2) is 55.7 Å². The summed E-state index contributed by atoms with van der Waals surface area (Å²) >= 11 is 0. The SMILES string of the molecule is CCOc1ccc([C@@H]2/C(=C(\O)c3ccc(OCc4ccccc4)cc3C)C(=O)C(=O)N2CCOC)cc1OC. The molecule has 1 atom stereocenters. The van der Waals surface area contributed by atoms with Crippen molar-refractivity contribution in [2.45, 2.75) is 26.5 Å². The molecule has 1 aliphatic rings. The number of hydrogen-bond donors (Lipinski definition) is 1. The number of carbonyl (C=O) groups is 2. The summed E-state index contributed by atoms with van der Waals surface area (Å²) < 4.78 is 22.2. The van der Waals surface area contributed by atoms with Crippen molar-refractivity contribution in [1.82, 2.24) is 4.90 Å². The second-order valence-corrected chi connectivity index (χ2v) is 9.08. The lowest BCUT2D eigenvalue weighted by molar-refractivity contribution is -0.140. The van der Waals surface area contributed by atoms with Crippen LogP contribution in [0.5, 0.6) is 17.2 Å². The van der Waals surface area contributed by atoms with Crippen LogP contribution in [0.25, 0.3) is 5.76 Å². The zero-order chi connectivity index (χ0) is 27.9. The Labute approximate surface area is 228 Å². The van der Waals surface area contributed by atoms with E-state index in [1.807, 2.05) is 44.2 Å². The van der Waals surface area contributed by atoms with Crippen molar-refractivity contribution < 1.29 is 33.6 Å². The molecule has 3 aromatic rings. The standard InChI is InChI=1S/C31H33NO7/c1-5-38-25-14-11-22(18-26(25)37-4)28-27(30(34)31(35)32(28)15-16-36-3)29(33)24-13-12-23(17-20(24)2)39-19-21-9-7-6-8-10-21/h6-14,17-18,28,33H,5,15-16,19H2,1-4H3/b29-27+/t28-/m1/s1. The van der Waals surface area contributed by atoms with Gasteiger partial charge in [0, 0.05) is 19.2 Å². The van der Waals surface area contributed by atoms with E-state index in [2.05, 4.69) is 0 Å². The van der Waals surface area contributed by atoms with Crippen molar-refractivity contribution in [3.05, 3.63) is 94.6 Å². The molecule has 0 bridgehead atoms. The van der Waals surface area contributed by atoms with Gasteiger partial charge in [0.05, 0.1) is 31.9 Å². The highest BCUT2D eigenvalue weighted by Gasteiger charge is 2.46. The number of amides is 1. The molecule has 0 unspecified atom stereocenters. The van der Waals surface area contributed by atoms with Crippen LogP contribution in [0.1, 0.15) is 35.2 Å². The first-order valence-electron chi connectivity index (χ1n) is 12.7. The molecule has 3 aromatic carbocycles. The highest BCUT2D eigenvalue weighted by Crippen LogP contribution is 2.42. The van der Waals surface area contributed by atoms with Crippen molar-refractivity contribution in [1.29, 1.82) is 0 Å². The number of carbonyl (C=O) groups excluding carboxylic acids is 2. The van der Waals surface area contributed by atoms with Gasteiger partial charge < -0.3 is 29.0 Å². The number of aliphatic hydroxyl groups is 1. The first-order valence-corrected chi connectivity index (χ1v) is 12.7. The molecule has 0 saturated carbocycles. The molecule has 1 amide bonds. The summed E-state index contributed by atoms with van der Waals surface area (Å²) in [5.74, 6) is -0.0843. The maximum absolute atomic E-state index is 13.3. The molecule has 0 radical (unpaired) electrons. The first kappa shape index (κ1) is 27.7. The van der Waals surface area contributed by atoms with Crippen molar-refractivity contribution in [3.63, 3.8) is 0 Å². The molecule has 204 valence electrons. The van der Waals surface area contributed by atoms with E-state index in [9.17, 15) is 14.7 Å². The first-order chi connectivity index (χ1) is 18.9. The smallest absolute Gasteiger partial charge is 0.295 e. The molecule has 1 aliphatic heterocycles. The molecular formula is C31H33NO7. The number of likely N-dealkylation sites (tertiary alicyclic amines) is 1. The highest BCUT2D eigenvalue weighted by molar-refractivity contribution is 6.46. The van der Waals surface area contributed by atoms with E-state index in [4.69, 9.17) is 18.9 Å². The van der Waals surface area contributed by atoms with Crippen LogP contribution in [0.4, 0.5) is 0 Å². The predicted octanol–water partition coefficient (Wildman–Crippen LogP) is 5.05. The van der Waals surface area contributed by atoms with Crippen LogP contribution < -0.4 is 14.2 Å². The lowest BCUT2D eigenvalue weighted by Gasteiger charge is -2.26. The summed E-state index contributed by atoms with van der Waals surface area (Å²) in [5, 5.41) is 11.5. The minimum absolute atomic E-state index is 0.00312. The van der Waals surface area contributed by atoms with E-state index >= 15 is 0 Å². The molecular weight excluding hydrogens is 498 g/mol. The van der Waals surface area contributed by atoms with Crippen molar-refractivity contribution >= 4 is 17.4 Å². The molecule has 8 nitrogen and oxygen atoms in total. The Morgan fingerprint density at radius 3 is 2.38 bits per heavy atom. The molecule has 1 heterocycles. The Morgan fingerprint density at radius 2 is 1.72 bits per heavy atom.